The topological polar surface area (TPSA) is 17.1 Å². The molecule has 0 heterocycles. The second kappa shape index (κ2) is 3.59. The van der Waals surface area contributed by atoms with Gasteiger partial charge in [-0.25, -0.2) is 0 Å². The fourth-order valence-corrected chi connectivity index (χ4v) is 0.657. The van der Waals surface area contributed by atoms with Gasteiger partial charge in [0.1, 0.15) is 0 Å². The van der Waals surface area contributed by atoms with Crippen LogP contribution < -0.4 is 0 Å². The van der Waals surface area contributed by atoms with Gasteiger partial charge in [0.05, 0.1) is 0 Å². The smallest absolute Gasteiger partial charge is 0.293 e. The molecule has 0 fully saturated rings. The van der Waals surface area contributed by atoms with E-state index in [2.05, 4.69) is 0 Å². The maximum atomic E-state index is 12.2. The molecule has 0 aliphatic carbocycles. The molecule has 0 saturated carbocycles. The summed E-state index contributed by atoms with van der Waals surface area (Å²) in [5, 5.41) is 0. The Morgan fingerprint density at radius 2 is 1.54 bits per heavy atom. The summed E-state index contributed by atoms with van der Waals surface area (Å²) in [6.07, 6.45) is -6.55. The molecular formula is C7H9F5O. The molecule has 0 aromatic heterocycles. The molecule has 0 aromatic rings. The Kier molecular flexibility index (Phi) is 3.40. The molecule has 0 N–H and O–H groups in total. The van der Waals surface area contributed by atoms with Crippen LogP contribution in [0.3, 0.4) is 0 Å². The number of carbonyl (C=O) groups excluding carboxylic acids is 1. The lowest BCUT2D eigenvalue weighted by Gasteiger charge is -2.18. The summed E-state index contributed by atoms with van der Waals surface area (Å²) >= 11 is 0. The molecule has 0 spiro atoms. The summed E-state index contributed by atoms with van der Waals surface area (Å²) in [6.45, 7) is 2.79. The van der Waals surface area contributed by atoms with Crippen molar-refractivity contribution in [2.45, 2.75) is 32.4 Å². The van der Waals surface area contributed by atoms with Crippen LogP contribution in [-0.4, -0.2) is 17.9 Å². The van der Waals surface area contributed by atoms with Crippen LogP contribution in [0.2, 0.25) is 0 Å². The Morgan fingerprint density at radius 1 is 1.15 bits per heavy atom. The van der Waals surface area contributed by atoms with E-state index in [0.29, 0.717) is 0 Å². The number of hydrogen-bond donors (Lipinski definition) is 0. The summed E-state index contributed by atoms with van der Waals surface area (Å²) in [4.78, 5) is 10.5. The minimum atomic E-state index is -5.78. The first-order valence-corrected chi connectivity index (χ1v) is 3.57. The van der Waals surface area contributed by atoms with Gasteiger partial charge in [-0.2, -0.15) is 22.0 Å². The van der Waals surface area contributed by atoms with Crippen molar-refractivity contribution >= 4 is 5.78 Å². The average Bonchev–Trinajstić information content (AvgIpc) is 1.82. The first kappa shape index (κ1) is 12.3. The number of alkyl halides is 5. The van der Waals surface area contributed by atoms with Crippen LogP contribution in [0.1, 0.15) is 20.3 Å². The lowest BCUT2D eigenvalue weighted by atomic mass is 10.0. The van der Waals surface area contributed by atoms with Crippen molar-refractivity contribution in [2.24, 2.45) is 5.92 Å². The van der Waals surface area contributed by atoms with Gasteiger partial charge in [0.15, 0.2) is 0 Å². The Bertz CT molecular complexity index is 194. The quantitative estimate of drug-likeness (QED) is 0.646. The van der Waals surface area contributed by atoms with Gasteiger partial charge in [-0.05, 0) is 5.92 Å². The van der Waals surface area contributed by atoms with E-state index in [0.717, 1.165) is 0 Å². The number of carbonyl (C=O) groups is 1. The molecule has 6 heteroatoms. The molecule has 0 unspecified atom stereocenters. The Hall–Kier alpha value is -0.680. The molecule has 0 aromatic carbocycles. The molecule has 78 valence electrons. The zero-order chi connectivity index (χ0) is 10.9. The maximum Gasteiger partial charge on any atom is 0.461 e. The van der Waals surface area contributed by atoms with Gasteiger partial charge in [-0.1, -0.05) is 13.8 Å². The third kappa shape index (κ3) is 2.93. The van der Waals surface area contributed by atoms with Crippen molar-refractivity contribution in [3.05, 3.63) is 0 Å². The Labute approximate surface area is 71.9 Å². The summed E-state index contributed by atoms with van der Waals surface area (Å²) in [5.74, 6) is -7.80. The summed E-state index contributed by atoms with van der Waals surface area (Å²) in [5.41, 5.74) is 0. The number of Topliss-reactive ketones (excluding diaryl/α,β-unsaturated/α-hetero) is 1. The van der Waals surface area contributed by atoms with E-state index in [1.807, 2.05) is 0 Å². The average molecular weight is 204 g/mol. The lowest BCUT2D eigenvalue weighted by molar-refractivity contribution is -0.269. The van der Waals surface area contributed by atoms with E-state index < -0.39 is 30.2 Å². The van der Waals surface area contributed by atoms with Crippen LogP contribution in [-0.2, 0) is 4.79 Å². The largest absolute Gasteiger partial charge is 0.461 e. The highest BCUT2D eigenvalue weighted by Gasteiger charge is 2.62. The van der Waals surface area contributed by atoms with Crippen molar-refractivity contribution < 1.29 is 26.7 Å². The molecule has 0 aliphatic rings. The Morgan fingerprint density at radius 3 is 1.77 bits per heavy atom. The fourth-order valence-electron chi connectivity index (χ4n) is 0.657. The third-order valence-corrected chi connectivity index (χ3v) is 1.30. The number of hydrogen-bond acceptors (Lipinski definition) is 1. The fraction of sp³-hybridized carbons (Fsp3) is 0.857. The van der Waals surface area contributed by atoms with Gasteiger partial charge in [0, 0.05) is 6.42 Å². The molecule has 1 nitrogen and oxygen atoms in total. The van der Waals surface area contributed by atoms with Crippen LogP contribution in [0, 0.1) is 5.92 Å². The Balaban J connectivity index is 4.56. The van der Waals surface area contributed by atoms with Crippen molar-refractivity contribution in [3.63, 3.8) is 0 Å². The van der Waals surface area contributed by atoms with Gasteiger partial charge >= 0.3 is 12.1 Å². The highest BCUT2D eigenvalue weighted by molar-refractivity contribution is 5.86. The molecule has 0 rings (SSSR count). The monoisotopic (exact) mass is 204 g/mol. The molecule has 0 bridgehead atoms. The van der Waals surface area contributed by atoms with Crippen LogP contribution in [0.15, 0.2) is 0 Å². The molecule has 13 heavy (non-hydrogen) atoms. The SMILES string of the molecule is CC(C)CC(=O)C(F)(F)C(F)(F)F. The molecule has 0 radical (unpaired) electrons. The summed E-state index contributed by atoms with van der Waals surface area (Å²) in [7, 11) is 0. The zero-order valence-corrected chi connectivity index (χ0v) is 7.08. The second-order valence-corrected chi connectivity index (χ2v) is 3.09. The standard InChI is InChI=1S/C7H9F5O/c1-4(2)3-5(13)6(8,9)7(10,11)12/h4H,3H2,1-2H3. The normalized spacial score (nSPS) is 13.5. The van der Waals surface area contributed by atoms with Crippen LogP contribution >= 0.6 is 0 Å². The summed E-state index contributed by atoms with van der Waals surface area (Å²) in [6, 6.07) is 0. The van der Waals surface area contributed by atoms with E-state index in [1.54, 1.807) is 0 Å². The predicted octanol–water partition coefficient (Wildman–Crippen LogP) is 2.80. The van der Waals surface area contributed by atoms with Gasteiger partial charge < -0.3 is 0 Å². The van der Waals surface area contributed by atoms with E-state index in [9.17, 15) is 26.7 Å². The highest BCUT2D eigenvalue weighted by Crippen LogP contribution is 2.37. The van der Waals surface area contributed by atoms with Crippen LogP contribution in [0.5, 0.6) is 0 Å². The lowest BCUT2D eigenvalue weighted by Crippen LogP contribution is -2.44. The first-order chi connectivity index (χ1) is 5.59. The molecule has 0 aliphatic heterocycles. The molecule has 0 saturated heterocycles. The number of rotatable bonds is 3. The summed E-state index contributed by atoms with van der Waals surface area (Å²) < 4.78 is 59.1. The van der Waals surface area contributed by atoms with E-state index >= 15 is 0 Å². The van der Waals surface area contributed by atoms with Gasteiger partial charge in [0.25, 0.3) is 0 Å². The van der Waals surface area contributed by atoms with E-state index in [-0.39, 0.29) is 0 Å². The van der Waals surface area contributed by atoms with Gasteiger partial charge in [0.2, 0.25) is 5.78 Å². The van der Waals surface area contributed by atoms with Crippen LogP contribution in [0.25, 0.3) is 0 Å². The van der Waals surface area contributed by atoms with Gasteiger partial charge in [-0.15, -0.1) is 0 Å². The third-order valence-electron chi connectivity index (χ3n) is 1.30. The molecule has 0 amide bonds. The highest BCUT2D eigenvalue weighted by atomic mass is 19.4. The minimum Gasteiger partial charge on any atom is -0.293 e. The second-order valence-electron chi connectivity index (χ2n) is 3.09. The van der Waals surface area contributed by atoms with E-state index in [1.165, 1.54) is 13.8 Å². The van der Waals surface area contributed by atoms with E-state index in [4.69, 9.17) is 0 Å². The number of halogens is 5. The zero-order valence-electron chi connectivity index (χ0n) is 7.08. The number of ketones is 1. The van der Waals surface area contributed by atoms with Crippen LogP contribution in [0.4, 0.5) is 22.0 Å². The predicted molar refractivity (Wildman–Crippen MR) is 35.5 cm³/mol. The maximum absolute atomic E-state index is 12.2. The first-order valence-electron chi connectivity index (χ1n) is 3.57. The van der Waals surface area contributed by atoms with Crippen molar-refractivity contribution in [1.29, 1.82) is 0 Å². The molecule has 0 atom stereocenters. The van der Waals surface area contributed by atoms with Crippen molar-refractivity contribution in [1.82, 2.24) is 0 Å². The minimum absolute atomic E-state index is 0.513. The van der Waals surface area contributed by atoms with Crippen molar-refractivity contribution in [3.8, 4) is 0 Å². The molecular weight excluding hydrogens is 195 g/mol. The van der Waals surface area contributed by atoms with Crippen molar-refractivity contribution in [2.75, 3.05) is 0 Å². The van der Waals surface area contributed by atoms with Gasteiger partial charge in [-0.3, -0.25) is 4.79 Å².